The molecule has 0 amide bonds. The van der Waals surface area contributed by atoms with Crippen LogP contribution in [-0.2, 0) is 6.42 Å². The van der Waals surface area contributed by atoms with Crippen molar-refractivity contribution >= 4 is 0 Å². The quantitative estimate of drug-likeness (QED) is 0.428. The summed E-state index contributed by atoms with van der Waals surface area (Å²) < 4.78 is 11.0. The number of benzene rings is 2. The second kappa shape index (κ2) is 9.28. The van der Waals surface area contributed by atoms with Crippen LogP contribution in [0.4, 0.5) is 0 Å². The molecule has 2 aromatic rings. The minimum atomic E-state index is -1.23. The summed E-state index contributed by atoms with van der Waals surface area (Å²) in [7, 11) is 1.49. The molecule has 0 aromatic heterocycles. The molecule has 0 aliphatic carbocycles. The molecule has 0 saturated carbocycles. The van der Waals surface area contributed by atoms with Crippen LogP contribution in [-0.4, -0.2) is 52.0 Å². The highest BCUT2D eigenvalue weighted by Gasteiger charge is 2.24. The van der Waals surface area contributed by atoms with Crippen molar-refractivity contribution in [2.45, 2.75) is 25.0 Å². The Kier molecular flexibility index (Phi) is 7.08. The molecule has 26 heavy (non-hydrogen) atoms. The summed E-state index contributed by atoms with van der Waals surface area (Å²) in [6.07, 6.45) is -0.918. The number of rotatable bonds is 9. The summed E-state index contributed by atoms with van der Waals surface area (Å²) >= 11 is 0. The molecule has 0 radical (unpaired) electrons. The van der Waals surface area contributed by atoms with Gasteiger partial charge in [-0.3, -0.25) is 0 Å². The first-order chi connectivity index (χ1) is 12.5. The van der Waals surface area contributed by atoms with Gasteiger partial charge in [-0.25, -0.2) is 0 Å². The normalized spacial score (nSPS) is 13.2. The van der Waals surface area contributed by atoms with E-state index in [0.717, 1.165) is 5.56 Å². The maximum absolute atomic E-state index is 10.4. The fraction of sp³-hybridized carbons (Fsp3) is 0.368. The first-order valence-electron chi connectivity index (χ1n) is 8.25. The van der Waals surface area contributed by atoms with Gasteiger partial charge in [0.1, 0.15) is 6.10 Å². The van der Waals surface area contributed by atoms with Gasteiger partial charge in [-0.15, -0.1) is 0 Å². The van der Waals surface area contributed by atoms with Crippen LogP contribution in [0.2, 0.25) is 0 Å². The van der Waals surface area contributed by atoms with E-state index >= 15 is 0 Å². The van der Waals surface area contributed by atoms with Crippen LogP contribution in [0.5, 0.6) is 23.0 Å². The topological polar surface area (TPSA) is 120 Å². The Morgan fingerprint density at radius 2 is 1.73 bits per heavy atom. The molecule has 2 aromatic carbocycles. The zero-order valence-electron chi connectivity index (χ0n) is 14.5. The maximum atomic E-state index is 10.4. The number of aromatic hydroxyl groups is 2. The van der Waals surface area contributed by atoms with Crippen LogP contribution in [0.3, 0.4) is 0 Å². The van der Waals surface area contributed by atoms with Crippen LogP contribution in [0.25, 0.3) is 0 Å². The van der Waals surface area contributed by atoms with Crippen molar-refractivity contribution in [3.05, 3.63) is 47.5 Å². The Hall–Kier alpha value is -2.48. The molecule has 0 aliphatic rings. The Morgan fingerprint density at radius 1 is 0.962 bits per heavy atom. The lowest BCUT2D eigenvalue weighted by Crippen LogP contribution is -2.29. The molecule has 7 heteroatoms. The number of aliphatic hydroxyl groups excluding tert-OH is 3. The van der Waals surface area contributed by atoms with Gasteiger partial charge in [0.25, 0.3) is 0 Å². The van der Waals surface area contributed by atoms with Crippen molar-refractivity contribution in [2.24, 2.45) is 0 Å². The molecular weight excluding hydrogens is 340 g/mol. The van der Waals surface area contributed by atoms with Gasteiger partial charge in [0.2, 0.25) is 0 Å². The fourth-order valence-electron chi connectivity index (χ4n) is 2.55. The second-order valence-corrected chi connectivity index (χ2v) is 5.84. The Labute approximate surface area is 151 Å². The van der Waals surface area contributed by atoms with E-state index in [1.807, 2.05) is 6.07 Å². The van der Waals surface area contributed by atoms with Crippen molar-refractivity contribution in [2.75, 3.05) is 20.3 Å². The molecule has 2 unspecified atom stereocenters. The molecular formula is C19H24O7. The van der Waals surface area contributed by atoms with Crippen molar-refractivity contribution < 1.29 is 35.0 Å². The largest absolute Gasteiger partial charge is 0.504 e. The van der Waals surface area contributed by atoms with E-state index in [0.29, 0.717) is 24.3 Å². The van der Waals surface area contributed by atoms with Gasteiger partial charge < -0.3 is 35.0 Å². The number of aliphatic hydroxyl groups is 3. The third kappa shape index (κ3) is 4.78. The van der Waals surface area contributed by atoms with Crippen molar-refractivity contribution in [3.63, 3.8) is 0 Å². The van der Waals surface area contributed by atoms with Crippen molar-refractivity contribution in [1.29, 1.82) is 0 Å². The number of methoxy groups -OCH3 is 1. The molecule has 7 nitrogen and oxygen atoms in total. The molecule has 0 heterocycles. The van der Waals surface area contributed by atoms with Gasteiger partial charge in [-0.2, -0.15) is 0 Å². The number of hydrogen-bond donors (Lipinski definition) is 5. The molecule has 142 valence electrons. The Balaban J connectivity index is 2.19. The second-order valence-electron chi connectivity index (χ2n) is 5.84. The van der Waals surface area contributed by atoms with Crippen LogP contribution in [0.1, 0.15) is 23.7 Å². The highest BCUT2D eigenvalue weighted by atomic mass is 16.5. The van der Waals surface area contributed by atoms with E-state index in [4.69, 9.17) is 14.6 Å². The minimum Gasteiger partial charge on any atom is -0.504 e. The average Bonchev–Trinajstić information content (AvgIpc) is 2.66. The third-order valence-corrected chi connectivity index (χ3v) is 4.00. The van der Waals surface area contributed by atoms with E-state index in [1.165, 1.54) is 25.3 Å². The number of hydrogen-bond acceptors (Lipinski definition) is 7. The highest BCUT2D eigenvalue weighted by Crippen LogP contribution is 2.33. The lowest BCUT2D eigenvalue weighted by Gasteiger charge is -2.24. The zero-order chi connectivity index (χ0) is 19.1. The van der Waals surface area contributed by atoms with Gasteiger partial charge >= 0.3 is 0 Å². The Morgan fingerprint density at radius 3 is 2.35 bits per heavy atom. The van der Waals surface area contributed by atoms with Gasteiger partial charge in [0.05, 0.1) is 13.7 Å². The number of phenolic OH excluding ortho intramolecular Hbond substituents is 2. The Bertz CT molecular complexity index is 717. The van der Waals surface area contributed by atoms with E-state index < -0.39 is 18.8 Å². The first-order valence-corrected chi connectivity index (χ1v) is 8.25. The predicted octanol–water partition coefficient (Wildman–Crippen LogP) is 1.50. The van der Waals surface area contributed by atoms with Gasteiger partial charge in [0, 0.05) is 6.61 Å². The zero-order valence-corrected chi connectivity index (χ0v) is 14.5. The van der Waals surface area contributed by atoms with Gasteiger partial charge in [0.15, 0.2) is 29.1 Å². The molecule has 5 N–H and O–H groups in total. The summed E-state index contributed by atoms with van der Waals surface area (Å²) in [5.41, 5.74) is 1.26. The lowest BCUT2D eigenvalue weighted by molar-refractivity contribution is -0.000527. The highest BCUT2D eigenvalue weighted by molar-refractivity contribution is 5.44. The van der Waals surface area contributed by atoms with Crippen LogP contribution < -0.4 is 9.47 Å². The molecule has 2 rings (SSSR count). The van der Waals surface area contributed by atoms with Crippen molar-refractivity contribution in [1.82, 2.24) is 0 Å². The molecule has 0 aliphatic heterocycles. The lowest BCUT2D eigenvalue weighted by atomic mass is 10.0. The van der Waals surface area contributed by atoms with Crippen LogP contribution in [0.15, 0.2) is 36.4 Å². The first kappa shape index (κ1) is 19.8. The molecule has 0 spiro atoms. The molecule has 0 saturated heterocycles. The van der Waals surface area contributed by atoms with E-state index in [1.54, 1.807) is 12.1 Å². The van der Waals surface area contributed by atoms with Gasteiger partial charge in [-0.1, -0.05) is 12.1 Å². The van der Waals surface area contributed by atoms with E-state index in [-0.39, 0.29) is 23.7 Å². The summed E-state index contributed by atoms with van der Waals surface area (Å²) in [4.78, 5) is 0. The fourth-order valence-corrected chi connectivity index (χ4v) is 2.55. The predicted molar refractivity (Wildman–Crippen MR) is 94.6 cm³/mol. The maximum Gasteiger partial charge on any atom is 0.161 e. The van der Waals surface area contributed by atoms with Crippen molar-refractivity contribution in [3.8, 4) is 23.0 Å². The summed E-state index contributed by atoms with van der Waals surface area (Å²) in [5, 5.41) is 47.9. The summed E-state index contributed by atoms with van der Waals surface area (Å²) in [6.45, 7) is -0.378. The van der Waals surface area contributed by atoms with E-state index in [9.17, 15) is 20.4 Å². The summed E-state index contributed by atoms with van der Waals surface area (Å²) in [5.74, 6) is 0.118. The third-order valence-electron chi connectivity index (χ3n) is 4.00. The minimum absolute atomic E-state index is 0.0961. The summed E-state index contributed by atoms with van der Waals surface area (Å²) in [6, 6.07) is 9.16. The number of aryl methyl sites for hydroxylation is 1. The average molecular weight is 364 g/mol. The van der Waals surface area contributed by atoms with Gasteiger partial charge in [-0.05, 0) is 48.2 Å². The standard InChI is InChI=1S/C19H24O7/c1-25-17-9-12(3-2-8-20)4-7-16(17)26-18(11-21)19(24)13-5-6-14(22)15(23)10-13/h4-7,9-10,18-24H,2-3,8,11H2,1H3. The van der Waals surface area contributed by atoms with Crippen LogP contribution >= 0.6 is 0 Å². The molecule has 2 atom stereocenters. The number of phenols is 2. The molecule has 0 fully saturated rings. The molecule has 0 bridgehead atoms. The number of ether oxygens (including phenoxy) is 2. The van der Waals surface area contributed by atoms with Crippen LogP contribution in [0, 0.1) is 0 Å². The van der Waals surface area contributed by atoms with E-state index in [2.05, 4.69) is 0 Å². The smallest absolute Gasteiger partial charge is 0.161 e. The monoisotopic (exact) mass is 364 g/mol. The SMILES string of the molecule is COc1cc(CCCO)ccc1OC(CO)C(O)c1ccc(O)c(O)c1.